The summed E-state index contributed by atoms with van der Waals surface area (Å²) in [5, 5.41) is 4.38. The summed E-state index contributed by atoms with van der Waals surface area (Å²) in [7, 11) is 1.81. The Hall–Kier alpha value is -0.510. The van der Waals surface area contributed by atoms with Gasteiger partial charge in [-0.3, -0.25) is 0 Å². The van der Waals surface area contributed by atoms with Crippen LogP contribution in [0.15, 0.2) is 29.2 Å². The number of fused-ring (bicyclic) bond motifs is 1. The van der Waals surface area contributed by atoms with E-state index in [0.717, 1.165) is 6.54 Å². The van der Waals surface area contributed by atoms with E-state index in [1.165, 1.54) is 29.7 Å². The number of rotatable bonds is 4. The molecule has 0 aromatic heterocycles. The topological polar surface area (TPSA) is 21.3 Å². The Morgan fingerprint density at radius 2 is 2.18 bits per heavy atom. The van der Waals surface area contributed by atoms with Gasteiger partial charge in [0, 0.05) is 29.8 Å². The van der Waals surface area contributed by atoms with Crippen molar-refractivity contribution in [2.75, 3.05) is 13.7 Å². The van der Waals surface area contributed by atoms with Crippen LogP contribution in [0.3, 0.4) is 0 Å². The Bertz CT molecular complexity index is 365. The van der Waals surface area contributed by atoms with Gasteiger partial charge in [-0.05, 0) is 30.9 Å². The minimum absolute atomic E-state index is 0.501. The van der Waals surface area contributed by atoms with E-state index in [1.807, 2.05) is 18.9 Å². The smallest absolute Gasteiger partial charge is 0.0601 e. The van der Waals surface area contributed by atoms with Crippen LogP contribution in [0.2, 0.25) is 0 Å². The first-order valence-corrected chi connectivity index (χ1v) is 7.24. The Morgan fingerprint density at radius 1 is 1.35 bits per heavy atom. The lowest BCUT2D eigenvalue weighted by Gasteiger charge is -2.35. The summed E-state index contributed by atoms with van der Waals surface area (Å²) in [6.45, 7) is 1.13. The van der Waals surface area contributed by atoms with Crippen molar-refractivity contribution < 1.29 is 4.74 Å². The number of benzene rings is 1. The van der Waals surface area contributed by atoms with Crippen LogP contribution in [0.5, 0.6) is 0 Å². The number of hydrogen-bond acceptors (Lipinski definition) is 3. The van der Waals surface area contributed by atoms with Crippen molar-refractivity contribution in [3.05, 3.63) is 29.8 Å². The number of thioether (sulfide) groups is 1. The number of ether oxygens (including phenoxy) is 1. The van der Waals surface area contributed by atoms with Crippen LogP contribution < -0.4 is 5.32 Å². The maximum atomic E-state index is 5.29. The van der Waals surface area contributed by atoms with Gasteiger partial charge in [0.15, 0.2) is 0 Å². The van der Waals surface area contributed by atoms with Gasteiger partial charge in [-0.2, -0.15) is 0 Å². The van der Waals surface area contributed by atoms with Gasteiger partial charge >= 0.3 is 0 Å². The van der Waals surface area contributed by atoms with Gasteiger partial charge in [0.1, 0.15) is 0 Å². The van der Waals surface area contributed by atoms with Gasteiger partial charge < -0.3 is 10.1 Å². The summed E-state index contributed by atoms with van der Waals surface area (Å²) < 4.78 is 5.29. The van der Waals surface area contributed by atoms with Crippen LogP contribution in [0.4, 0.5) is 0 Å². The zero-order chi connectivity index (χ0) is 11.7. The van der Waals surface area contributed by atoms with E-state index in [9.17, 15) is 0 Å². The first-order valence-electron chi connectivity index (χ1n) is 6.36. The molecule has 1 aromatic rings. The minimum Gasteiger partial charge on any atom is -0.381 e. The van der Waals surface area contributed by atoms with Crippen LogP contribution >= 0.6 is 11.8 Å². The van der Waals surface area contributed by atoms with Crippen LogP contribution in [-0.4, -0.2) is 31.1 Å². The highest BCUT2D eigenvalue weighted by molar-refractivity contribution is 8.00. The van der Waals surface area contributed by atoms with Crippen LogP contribution in [0.1, 0.15) is 18.4 Å². The predicted octanol–water partition coefficient (Wildman–Crippen LogP) is 2.47. The molecule has 0 bridgehead atoms. The van der Waals surface area contributed by atoms with E-state index < -0.39 is 0 Å². The Balaban J connectivity index is 1.44. The Kier molecular flexibility index (Phi) is 3.41. The molecule has 3 rings (SSSR count). The van der Waals surface area contributed by atoms with Crippen LogP contribution in [-0.2, 0) is 11.2 Å². The fraction of sp³-hybridized carbons (Fsp3) is 0.571. The number of hydrogen-bond donors (Lipinski definition) is 1. The monoisotopic (exact) mass is 249 g/mol. The average molecular weight is 249 g/mol. The van der Waals surface area contributed by atoms with Gasteiger partial charge in [0.25, 0.3) is 0 Å². The Labute approximate surface area is 107 Å². The maximum Gasteiger partial charge on any atom is 0.0601 e. The van der Waals surface area contributed by atoms with E-state index in [2.05, 4.69) is 29.6 Å². The van der Waals surface area contributed by atoms with Crippen molar-refractivity contribution >= 4 is 11.8 Å². The van der Waals surface area contributed by atoms with E-state index in [1.54, 1.807) is 0 Å². The van der Waals surface area contributed by atoms with Crippen molar-refractivity contribution in [2.45, 2.75) is 41.6 Å². The number of nitrogens with one attached hydrogen (secondary N) is 1. The van der Waals surface area contributed by atoms with Gasteiger partial charge in [-0.15, -0.1) is 11.8 Å². The molecule has 3 heteroatoms. The number of methoxy groups -OCH3 is 1. The summed E-state index contributed by atoms with van der Waals surface area (Å²) in [6, 6.07) is 9.46. The molecule has 1 saturated carbocycles. The molecule has 92 valence electrons. The molecule has 2 aliphatic rings. The molecule has 1 aliphatic heterocycles. The highest BCUT2D eigenvalue weighted by Gasteiger charge is 2.30. The third kappa shape index (κ3) is 2.51. The predicted molar refractivity (Wildman–Crippen MR) is 71.6 cm³/mol. The molecule has 0 amide bonds. The fourth-order valence-corrected chi connectivity index (χ4v) is 3.85. The third-order valence-electron chi connectivity index (χ3n) is 3.78. The molecule has 1 N–H and O–H groups in total. The minimum atomic E-state index is 0.501. The normalized spacial score (nSPS) is 31.0. The summed E-state index contributed by atoms with van der Waals surface area (Å²) >= 11 is 2.03. The van der Waals surface area contributed by atoms with E-state index in [4.69, 9.17) is 4.74 Å². The van der Waals surface area contributed by atoms with Crippen molar-refractivity contribution in [3.8, 4) is 0 Å². The average Bonchev–Trinajstić information content (AvgIpc) is 2.69. The molecule has 0 radical (unpaired) electrons. The third-order valence-corrected chi connectivity index (χ3v) is 5.10. The molecule has 0 spiro atoms. The van der Waals surface area contributed by atoms with E-state index in [-0.39, 0.29) is 0 Å². The lowest BCUT2D eigenvalue weighted by atomic mass is 9.89. The molecule has 1 fully saturated rings. The SMILES string of the molecule is COC1CC(NCC2Cc3ccccc3S2)C1. The molecule has 1 aromatic carbocycles. The highest BCUT2D eigenvalue weighted by Crippen LogP contribution is 2.36. The second-order valence-electron chi connectivity index (χ2n) is 4.99. The molecular formula is C14H19NOS. The van der Waals surface area contributed by atoms with Gasteiger partial charge in [-0.1, -0.05) is 18.2 Å². The molecule has 1 unspecified atom stereocenters. The first kappa shape index (κ1) is 11.6. The van der Waals surface area contributed by atoms with E-state index in [0.29, 0.717) is 17.4 Å². The maximum absolute atomic E-state index is 5.29. The molecule has 0 saturated heterocycles. The van der Waals surface area contributed by atoms with Gasteiger partial charge in [-0.25, -0.2) is 0 Å². The van der Waals surface area contributed by atoms with Crippen molar-refractivity contribution in [1.82, 2.24) is 5.32 Å². The zero-order valence-electron chi connectivity index (χ0n) is 10.2. The van der Waals surface area contributed by atoms with Gasteiger partial charge in [0.05, 0.1) is 6.10 Å². The van der Waals surface area contributed by atoms with Gasteiger partial charge in [0.2, 0.25) is 0 Å². The Morgan fingerprint density at radius 3 is 2.94 bits per heavy atom. The summed E-state index contributed by atoms with van der Waals surface area (Å²) in [6.07, 6.45) is 4.08. The lowest BCUT2D eigenvalue weighted by molar-refractivity contribution is 0.0177. The highest BCUT2D eigenvalue weighted by atomic mass is 32.2. The molecule has 2 nitrogen and oxygen atoms in total. The van der Waals surface area contributed by atoms with Crippen molar-refractivity contribution in [3.63, 3.8) is 0 Å². The van der Waals surface area contributed by atoms with Crippen LogP contribution in [0, 0.1) is 0 Å². The summed E-state index contributed by atoms with van der Waals surface area (Å²) in [5.41, 5.74) is 1.52. The lowest BCUT2D eigenvalue weighted by Crippen LogP contribution is -2.46. The quantitative estimate of drug-likeness (QED) is 0.886. The standard InChI is InChI=1S/C14H19NOS/c1-16-12-7-11(8-12)15-9-13-6-10-4-2-3-5-14(10)17-13/h2-5,11-13,15H,6-9H2,1H3. The summed E-state index contributed by atoms with van der Waals surface area (Å²) in [4.78, 5) is 1.47. The fourth-order valence-electron chi connectivity index (χ4n) is 2.59. The largest absolute Gasteiger partial charge is 0.381 e. The zero-order valence-corrected chi connectivity index (χ0v) is 11.0. The molecule has 1 heterocycles. The van der Waals surface area contributed by atoms with Crippen molar-refractivity contribution in [2.24, 2.45) is 0 Å². The molecule has 17 heavy (non-hydrogen) atoms. The summed E-state index contributed by atoms with van der Waals surface area (Å²) in [5.74, 6) is 0. The molecule has 1 aliphatic carbocycles. The first-order chi connectivity index (χ1) is 8.35. The molecule has 1 atom stereocenters. The van der Waals surface area contributed by atoms with Crippen LogP contribution in [0.25, 0.3) is 0 Å². The molecular weight excluding hydrogens is 230 g/mol. The van der Waals surface area contributed by atoms with E-state index >= 15 is 0 Å². The van der Waals surface area contributed by atoms with Crippen molar-refractivity contribution in [1.29, 1.82) is 0 Å². The second-order valence-corrected chi connectivity index (χ2v) is 6.33. The second kappa shape index (κ2) is 5.01.